The summed E-state index contributed by atoms with van der Waals surface area (Å²) in [5.74, 6) is 0.00565. The van der Waals surface area contributed by atoms with E-state index in [1.807, 2.05) is 41.0 Å². The first kappa shape index (κ1) is 24.2. The van der Waals surface area contributed by atoms with Gasteiger partial charge in [0.25, 0.3) is 5.91 Å². The minimum atomic E-state index is -0.145. The van der Waals surface area contributed by atoms with E-state index in [0.29, 0.717) is 64.5 Å². The lowest BCUT2D eigenvalue weighted by Crippen LogP contribution is -2.54. The van der Waals surface area contributed by atoms with Gasteiger partial charge in [-0.1, -0.05) is 17.7 Å². The Morgan fingerprint density at radius 2 is 1.75 bits per heavy atom. The van der Waals surface area contributed by atoms with Crippen molar-refractivity contribution in [2.45, 2.75) is 26.2 Å². The molecule has 1 N–H and O–H groups in total. The van der Waals surface area contributed by atoms with Gasteiger partial charge in [0, 0.05) is 65.1 Å². The number of rotatable bonds is 8. The first-order valence-electron chi connectivity index (χ1n) is 11.6. The molecule has 176 valence electrons. The number of carbonyl (C=O) groups excluding carboxylic acids is 3. The molecule has 3 amide bonds. The van der Waals surface area contributed by atoms with Crippen LogP contribution in [-0.4, -0.2) is 98.5 Å². The van der Waals surface area contributed by atoms with Crippen LogP contribution >= 0.6 is 0 Å². The minimum Gasteiger partial charge on any atom is -0.385 e. The number of nitrogens with zero attached hydrogens (tertiary/aromatic N) is 3. The summed E-state index contributed by atoms with van der Waals surface area (Å²) in [6.45, 7) is 7.42. The van der Waals surface area contributed by atoms with Gasteiger partial charge in [-0.05, 0) is 38.3 Å². The average Bonchev–Trinajstić information content (AvgIpc) is 2.82. The van der Waals surface area contributed by atoms with Gasteiger partial charge >= 0.3 is 0 Å². The van der Waals surface area contributed by atoms with Crippen molar-refractivity contribution in [3.05, 3.63) is 35.4 Å². The van der Waals surface area contributed by atoms with Crippen LogP contribution in [-0.2, 0) is 14.3 Å². The molecule has 8 heteroatoms. The molecule has 1 aromatic rings. The van der Waals surface area contributed by atoms with Crippen molar-refractivity contribution in [3.8, 4) is 0 Å². The van der Waals surface area contributed by atoms with Crippen molar-refractivity contribution < 1.29 is 19.1 Å². The number of piperidine rings is 1. The van der Waals surface area contributed by atoms with Gasteiger partial charge in [0.2, 0.25) is 11.8 Å². The number of aryl methyl sites for hydroxylation is 1. The molecule has 0 saturated carbocycles. The zero-order chi connectivity index (χ0) is 22.9. The summed E-state index contributed by atoms with van der Waals surface area (Å²) in [6.07, 6.45) is 2.47. The van der Waals surface area contributed by atoms with Gasteiger partial charge < -0.3 is 19.9 Å². The molecule has 1 unspecified atom stereocenters. The van der Waals surface area contributed by atoms with Crippen LogP contribution in [0.3, 0.4) is 0 Å². The van der Waals surface area contributed by atoms with E-state index in [-0.39, 0.29) is 23.6 Å². The number of benzene rings is 1. The van der Waals surface area contributed by atoms with Crippen LogP contribution in [0.15, 0.2) is 24.3 Å². The summed E-state index contributed by atoms with van der Waals surface area (Å²) in [7, 11) is 1.65. The fourth-order valence-corrected chi connectivity index (χ4v) is 4.33. The predicted octanol–water partition coefficient (Wildman–Crippen LogP) is 1.14. The normalized spacial score (nSPS) is 19.6. The highest BCUT2D eigenvalue weighted by Gasteiger charge is 2.33. The number of likely N-dealkylation sites (tertiary alicyclic amines) is 1. The second-order valence-corrected chi connectivity index (χ2v) is 8.75. The van der Waals surface area contributed by atoms with Crippen molar-refractivity contribution >= 4 is 17.7 Å². The molecule has 2 heterocycles. The molecule has 2 aliphatic rings. The second kappa shape index (κ2) is 12.0. The van der Waals surface area contributed by atoms with E-state index in [1.54, 1.807) is 7.11 Å². The van der Waals surface area contributed by atoms with Crippen LogP contribution in [0.5, 0.6) is 0 Å². The molecule has 2 fully saturated rings. The molecule has 0 bridgehead atoms. The summed E-state index contributed by atoms with van der Waals surface area (Å²) in [6, 6.07) is 7.60. The fraction of sp³-hybridized carbons (Fsp3) is 0.625. The third kappa shape index (κ3) is 6.77. The van der Waals surface area contributed by atoms with Gasteiger partial charge in [0.05, 0.1) is 12.5 Å². The number of methoxy groups -OCH3 is 1. The van der Waals surface area contributed by atoms with E-state index in [0.717, 1.165) is 24.8 Å². The maximum absolute atomic E-state index is 13.1. The molecule has 1 atom stereocenters. The summed E-state index contributed by atoms with van der Waals surface area (Å²) in [4.78, 5) is 43.8. The maximum Gasteiger partial charge on any atom is 0.253 e. The Balaban J connectivity index is 1.44. The van der Waals surface area contributed by atoms with Crippen LogP contribution in [0.4, 0.5) is 0 Å². The van der Waals surface area contributed by atoms with Crippen LogP contribution in [0.2, 0.25) is 0 Å². The summed E-state index contributed by atoms with van der Waals surface area (Å²) in [5, 5.41) is 2.90. The zero-order valence-corrected chi connectivity index (χ0v) is 19.3. The number of amides is 3. The van der Waals surface area contributed by atoms with Crippen molar-refractivity contribution in [2.75, 3.05) is 66.1 Å². The molecule has 8 nitrogen and oxygen atoms in total. The standard InChI is InChI=1S/C24H36N4O4/c1-19-6-8-20(9-7-19)23(30)28-11-3-5-21(17-28)24(31)27-14-12-26(13-15-27)18-22(29)25-10-4-16-32-2/h6-9,21H,3-5,10-18H2,1-2H3,(H,25,29). The van der Waals surface area contributed by atoms with Crippen molar-refractivity contribution in [1.82, 2.24) is 20.0 Å². The van der Waals surface area contributed by atoms with E-state index in [9.17, 15) is 14.4 Å². The SMILES string of the molecule is COCCCNC(=O)CN1CCN(C(=O)C2CCCN(C(=O)c3ccc(C)cc3)C2)CC1. The first-order chi connectivity index (χ1) is 15.5. The predicted molar refractivity (Wildman–Crippen MR) is 122 cm³/mol. The Hall–Kier alpha value is -2.45. The van der Waals surface area contributed by atoms with E-state index in [1.165, 1.54) is 0 Å². The highest BCUT2D eigenvalue weighted by atomic mass is 16.5. The Morgan fingerprint density at radius 3 is 2.44 bits per heavy atom. The van der Waals surface area contributed by atoms with Crippen molar-refractivity contribution in [2.24, 2.45) is 5.92 Å². The van der Waals surface area contributed by atoms with E-state index in [2.05, 4.69) is 10.2 Å². The lowest BCUT2D eigenvalue weighted by Gasteiger charge is -2.38. The molecule has 0 aliphatic carbocycles. The lowest BCUT2D eigenvalue weighted by atomic mass is 9.95. The van der Waals surface area contributed by atoms with Crippen molar-refractivity contribution in [1.29, 1.82) is 0 Å². The summed E-state index contributed by atoms with van der Waals surface area (Å²) < 4.78 is 4.98. The number of carbonyl (C=O) groups is 3. The highest BCUT2D eigenvalue weighted by molar-refractivity contribution is 5.94. The Labute approximate surface area is 190 Å². The molecule has 3 rings (SSSR count). The Morgan fingerprint density at radius 1 is 1.03 bits per heavy atom. The topological polar surface area (TPSA) is 82.2 Å². The van der Waals surface area contributed by atoms with E-state index < -0.39 is 0 Å². The fourth-order valence-electron chi connectivity index (χ4n) is 4.33. The van der Waals surface area contributed by atoms with Crippen LogP contribution in [0.25, 0.3) is 0 Å². The first-order valence-corrected chi connectivity index (χ1v) is 11.6. The molecule has 0 aromatic heterocycles. The van der Waals surface area contributed by atoms with Gasteiger partial charge in [0.1, 0.15) is 0 Å². The monoisotopic (exact) mass is 444 g/mol. The summed E-state index contributed by atoms with van der Waals surface area (Å²) in [5.41, 5.74) is 1.80. The van der Waals surface area contributed by atoms with Gasteiger partial charge in [-0.3, -0.25) is 19.3 Å². The minimum absolute atomic E-state index is 0.00355. The molecule has 2 aliphatic heterocycles. The molecular formula is C24H36N4O4. The number of nitrogens with one attached hydrogen (secondary N) is 1. The van der Waals surface area contributed by atoms with Gasteiger partial charge in [-0.2, -0.15) is 0 Å². The van der Waals surface area contributed by atoms with Gasteiger partial charge in [-0.25, -0.2) is 0 Å². The summed E-state index contributed by atoms with van der Waals surface area (Å²) >= 11 is 0. The third-order valence-electron chi connectivity index (χ3n) is 6.25. The molecule has 1 aromatic carbocycles. The smallest absolute Gasteiger partial charge is 0.253 e. The third-order valence-corrected chi connectivity index (χ3v) is 6.25. The maximum atomic E-state index is 13.1. The second-order valence-electron chi connectivity index (χ2n) is 8.75. The van der Waals surface area contributed by atoms with E-state index >= 15 is 0 Å². The molecular weight excluding hydrogens is 408 g/mol. The Bertz CT molecular complexity index is 775. The van der Waals surface area contributed by atoms with Gasteiger partial charge in [-0.15, -0.1) is 0 Å². The van der Waals surface area contributed by atoms with Crippen molar-refractivity contribution in [3.63, 3.8) is 0 Å². The molecule has 32 heavy (non-hydrogen) atoms. The zero-order valence-electron chi connectivity index (χ0n) is 19.3. The lowest BCUT2D eigenvalue weighted by molar-refractivity contribution is -0.138. The molecule has 2 saturated heterocycles. The average molecular weight is 445 g/mol. The quantitative estimate of drug-likeness (QED) is 0.608. The van der Waals surface area contributed by atoms with Crippen LogP contribution in [0.1, 0.15) is 35.2 Å². The highest BCUT2D eigenvalue weighted by Crippen LogP contribution is 2.21. The Kier molecular flexibility index (Phi) is 9.05. The molecule has 0 radical (unpaired) electrons. The van der Waals surface area contributed by atoms with E-state index in [4.69, 9.17) is 4.74 Å². The number of piperazine rings is 1. The number of hydrogen-bond donors (Lipinski definition) is 1. The van der Waals surface area contributed by atoms with Crippen LogP contribution in [0, 0.1) is 12.8 Å². The van der Waals surface area contributed by atoms with Crippen LogP contribution < -0.4 is 5.32 Å². The molecule has 0 spiro atoms. The number of ether oxygens (including phenoxy) is 1. The largest absolute Gasteiger partial charge is 0.385 e. The number of hydrogen-bond acceptors (Lipinski definition) is 5. The van der Waals surface area contributed by atoms with Gasteiger partial charge in [0.15, 0.2) is 0 Å².